The highest BCUT2D eigenvalue weighted by Crippen LogP contribution is 2.28. The third-order valence-corrected chi connectivity index (χ3v) is 9.29. The van der Waals surface area contributed by atoms with E-state index in [1.54, 1.807) is 12.1 Å². The predicted octanol–water partition coefficient (Wildman–Crippen LogP) is 1.27. The van der Waals surface area contributed by atoms with E-state index in [-0.39, 0.29) is 36.3 Å². The van der Waals surface area contributed by atoms with Crippen molar-refractivity contribution in [3.8, 4) is 5.75 Å². The summed E-state index contributed by atoms with van der Waals surface area (Å²) < 4.78 is 58.6. The minimum atomic E-state index is -3.62. The lowest BCUT2D eigenvalue weighted by Gasteiger charge is -2.34. The number of rotatable bonds is 5. The second kappa shape index (κ2) is 7.22. The summed E-state index contributed by atoms with van der Waals surface area (Å²) in [7, 11) is -5.41. The second-order valence-corrected chi connectivity index (χ2v) is 10.6. The number of hydrogen-bond acceptors (Lipinski definition) is 5. The number of ether oxygens (including phenoxy) is 1. The van der Waals surface area contributed by atoms with Crippen LogP contribution in [0.25, 0.3) is 0 Å². The molecular weight excluding hydrogens is 364 g/mol. The first-order valence-corrected chi connectivity index (χ1v) is 11.4. The van der Waals surface area contributed by atoms with Gasteiger partial charge >= 0.3 is 0 Å². The zero-order valence-corrected chi connectivity index (χ0v) is 15.9. The van der Waals surface area contributed by atoms with Gasteiger partial charge in [0.1, 0.15) is 5.75 Å². The topological polar surface area (TPSA) is 84.0 Å². The fraction of sp³-hybridized carbons (Fsp3) is 0.625. The maximum atomic E-state index is 12.7. The molecule has 1 saturated carbocycles. The molecule has 1 aromatic carbocycles. The number of piperazine rings is 1. The molecular formula is C16H24N2O5S2. The van der Waals surface area contributed by atoms with E-state index in [9.17, 15) is 16.8 Å². The van der Waals surface area contributed by atoms with E-state index in [2.05, 4.69) is 0 Å². The van der Waals surface area contributed by atoms with Crippen LogP contribution in [-0.2, 0) is 20.0 Å². The van der Waals surface area contributed by atoms with Crippen LogP contribution in [-0.4, -0.2) is 64.0 Å². The Labute approximate surface area is 149 Å². The van der Waals surface area contributed by atoms with Crippen molar-refractivity contribution >= 4 is 20.0 Å². The summed E-state index contributed by atoms with van der Waals surface area (Å²) in [6, 6.07) is 6.23. The fourth-order valence-corrected chi connectivity index (χ4v) is 6.90. The first-order chi connectivity index (χ1) is 11.9. The Hall–Kier alpha value is -1.16. The molecule has 1 saturated heterocycles. The molecule has 0 aromatic heterocycles. The normalized spacial score (nSPS) is 21.5. The molecule has 0 bridgehead atoms. The largest absolute Gasteiger partial charge is 0.497 e. The van der Waals surface area contributed by atoms with Gasteiger partial charge in [-0.25, -0.2) is 16.8 Å². The van der Waals surface area contributed by atoms with Gasteiger partial charge in [0.2, 0.25) is 20.0 Å². The summed E-state index contributed by atoms with van der Waals surface area (Å²) in [5, 5.41) is -0.294. The lowest BCUT2D eigenvalue weighted by Crippen LogP contribution is -2.52. The molecule has 1 aliphatic carbocycles. The molecule has 3 rings (SSSR count). The molecule has 0 unspecified atom stereocenters. The summed E-state index contributed by atoms with van der Waals surface area (Å²) in [6.07, 6.45) is 3.34. The number of benzene rings is 1. The zero-order valence-electron chi connectivity index (χ0n) is 14.3. The molecule has 7 nitrogen and oxygen atoms in total. The highest BCUT2D eigenvalue weighted by Gasteiger charge is 2.38. The van der Waals surface area contributed by atoms with Crippen LogP contribution in [0, 0.1) is 0 Å². The SMILES string of the molecule is COc1ccc(S(=O)(=O)N2CCN(S(=O)(=O)C3CCCC3)CC2)cc1. The summed E-state index contributed by atoms with van der Waals surface area (Å²) in [4.78, 5) is 0.195. The van der Waals surface area contributed by atoms with E-state index in [1.165, 1.54) is 27.9 Å². The van der Waals surface area contributed by atoms with Gasteiger partial charge in [-0.15, -0.1) is 0 Å². The van der Waals surface area contributed by atoms with E-state index in [0.29, 0.717) is 18.6 Å². The number of hydrogen-bond donors (Lipinski definition) is 0. The average Bonchev–Trinajstić information content (AvgIpc) is 3.17. The molecule has 25 heavy (non-hydrogen) atoms. The van der Waals surface area contributed by atoms with E-state index >= 15 is 0 Å². The molecule has 140 valence electrons. The van der Waals surface area contributed by atoms with Gasteiger partial charge in [0.05, 0.1) is 17.3 Å². The van der Waals surface area contributed by atoms with Gasteiger partial charge in [-0.1, -0.05) is 12.8 Å². The van der Waals surface area contributed by atoms with Crippen LogP contribution < -0.4 is 4.74 Å². The van der Waals surface area contributed by atoms with Crippen molar-refractivity contribution in [2.45, 2.75) is 35.8 Å². The Bertz CT molecular complexity index is 791. The molecule has 2 aliphatic rings. The Morgan fingerprint density at radius 3 is 1.92 bits per heavy atom. The minimum Gasteiger partial charge on any atom is -0.497 e. The average molecular weight is 389 g/mol. The van der Waals surface area contributed by atoms with E-state index in [0.717, 1.165) is 12.8 Å². The molecule has 0 spiro atoms. The first kappa shape index (κ1) is 18.6. The van der Waals surface area contributed by atoms with Crippen LogP contribution >= 0.6 is 0 Å². The molecule has 1 aromatic rings. The van der Waals surface area contributed by atoms with Gasteiger partial charge in [0.15, 0.2) is 0 Å². The zero-order chi connectivity index (χ0) is 18.1. The predicted molar refractivity (Wildman–Crippen MR) is 94.5 cm³/mol. The monoisotopic (exact) mass is 388 g/mol. The van der Waals surface area contributed by atoms with Crippen LogP contribution in [0.5, 0.6) is 5.75 Å². The van der Waals surface area contributed by atoms with E-state index < -0.39 is 20.0 Å². The van der Waals surface area contributed by atoms with Gasteiger partial charge in [0, 0.05) is 26.2 Å². The lowest BCUT2D eigenvalue weighted by molar-refractivity contribution is 0.270. The molecule has 0 amide bonds. The lowest BCUT2D eigenvalue weighted by atomic mass is 10.3. The standard InChI is InChI=1S/C16H24N2O5S2/c1-23-14-6-8-16(9-7-14)25(21,22)18-12-10-17(11-13-18)24(19,20)15-4-2-3-5-15/h6-9,15H,2-5,10-13H2,1H3. The van der Waals surface area contributed by atoms with Crippen LogP contribution in [0.3, 0.4) is 0 Å². The van der Waals surface area contributed by atoms with E-state index in [1.807, 2.05) is 0 Å². The van der Waals surface area contributed by atoms with Gasteiger partial charge < -0.3 is 4.74 Å². The maximum Gasteiger partial charge on any atom is 0.243 e. The van der Waals surface area contributed by atoms with Gasteiger partial charge in [-0.3, -0.25) is 0 Å². The first-order valence-electron chi connectivity index (χ1n) is 8.49. The molecule has 0 atom stereocenters. The highest BCUT2D eigenvalue weighted by molar-refractivity contribution is 7.90. The third-order valence-electron chi connectivity index (χ3n) is 4.98. The van der Waals surface area contributed by atoms with Crippen LogP contribution in [0.2, 0.25) is 0 Å². The number of sulfonamides is 2. The van der Waals surface area contributed by atoms with Crippen molar-refractivity contribution in [1.29, 1.82) is 0 Å². The Morgan fingerprint density at radius 2 is 1.40 bits per heavy atom. The van der Waals surface area contributed by atoms with Crippen molar-refractivity contribution in [3.05, 3.63) is 24.3 Å². The number of nitrogens with zero attached hydrogens (tertiary/aromatic N) is 2. The smallest absolute Gasteiger partial charge is 0.243 e. The van der Waals surface area contributed by atoms with Crippen LogP contribution in [0.15, 0.2) is 29.2 Å². The van der Waals surface area contributed by atoms with E-state index in [4.69, 9.17) is 4.74 Å². The Balaban J connectivity index is 1.68. The quantitative estimate of drug-likeness (QED) is 0.759. The van der Waals surface area contributed by atoms with Gasteiger partial charge in [0.25, 0.3) is 0 Å². The molecule has 0 N–H and O–H groups in total. The summed E-state index contributed by atoms with van der Waals surface area (Å²) in [6.45, 7) is 0.795. The molecule has 9 heteroatoms. The summed E-state index contributed by atoms with van der Waals surface area (Å²) >= 11 is 0. The fourth-order valence-electron chi connectivity index (χ4n) is 3.46. The third kappa shape index (κ3) is 3.69. The number of methoxy groups -OCH3 is 1. The maximum absolute atomic E-state index is 12.7. The minimum absolute atomic E-state index is 0.181. The Morgan fingerprint density at radius 1 is 0.880 bits per heavy atom. The van der Waals surface area contributed by atoms with Crippen molar-refractivity contribution in [2.75, 3.05) is 33.3 Å². The molecule has 1 heterocycles. The molecule has 2 fully saturated rings. The van der Waals surface area contributed by atoms with Gasteiger partial charge in [-0.05, 0) is 37.1 Å². The highest BCUT2D eigenvalue weighted by atomic mass is 32.2. The van der Waals surface area contributed by atoms with Crippen molar-refractivity contribution < 1.29 is 21.6 Å². The van der Waals surface area contributed by atoms with Crippen molar-refractivity contribution in [2.24, 2.45) is 0 Å². The van der Waals surface area contributed by atoms with Crippen LogP contribution in [0.1, 0.15) is 25.7 Å². The molecule has 1 aliphatic heterocycles. The van der Waals surface area contributed by atoms with Crippen molar-refractivity contribution in [1.82, 2.24) is 8.61 Å². The van der Waals surface area contributed by atoms with Crippen molar-refractivity contribution in [3.63, 3.8) is 0 Å². The van der Waals surface area contributed by atoms with Crippen LogP contribution in [0.4, 0.5) is 0 Å². The van der Waals surface area contributed by atoms with Gasteiger partial charge in [-0.2, -0.15) is 8.61 Å². The summed E-state index contributed by atoms with van der Waals surface area (Å²) in [5.41, 5.74) is 0. The summed E-state index contributed by atoms with van der Waals surface area (Å²) in [5.74, 6) is 0.589. The second-order valence-electron chi connectivity index (χ2n) is 6.43. The molecule has 0 radical (unpaired) electrons. The Kier molecular flexibility index (Phi) is 5.38.